The molecule has 0 saturated carbocycles. The molecule has 0 aliphatic carbocycles. The van der Waals surface area contributed by atoms with Gasteiger partial charge in [0.1, 0.15) is 0 Å². The van der Waals surface area contributed by atoms with Crippen molar-refractivity contribution in [2.45, 2.75) is 39.2 Å². The van der Waals surface area contributed by atoms with Crippen molar-refractivity contribution in [2.24, 2.45) is 0 Å². The molecule has 0 bridgehead atoms. The van der Waals surface area contributed by atoms with Gasteiger partial charge < -0.3 is 0 Å². The Morgan fingerprint density at radius 2 is 2.00 bits per heavy atom. The Morgan fingerprint density at radius 1 is 1.42 bits per heavy atom. The fourth-order valence-electron chi connectivity index (χ4n) is 1.50. The fourth-order valence-corrected chi connectivity index (χ4v) is 3.50. The van der Waals surface area contributed by atoms with Gasteiger partial charge in [-0.1, -0.05) is 6.92 Å². The molecule has 3 nitrogen and oxygen atoms in total. The first-order valence-electron chi connectivity index (χ1n) is 4.41. The largest absolute Gasteiger partial charge is 0.214 e. The van der Waals surface area contributed by atoms with Crippen LogP contribution < -0.4 is 0 Å². The van der Waals surface area contributed by atoms with E-state index in [-0.39, 0.29) is 5.54 Å². The second-order valence-corrected chi connectivity index (χ2v) is 5.92. The predicted molar refractivity (Wildman–Crippen MR) is 49.5 cm³/mol. The van der Waals surface area contributed by atoms with Gasteiger partial charge in [-0.05, 0) is 26.7 Å². The molecule has 4 heteroatoms. The van der Waals surface area contributed by atoms with Crippen LogP contribution in [0.25, 0.3) is 0 Å². The number of hydrogen-bond acceptors (Lipinski definition) is 2. The number of rotatable bonds is 2. The van der Waals surface area contributed by atoms with E-state index in [9.17, 15) is 8.42 Å². The van der Waals surface area contributed by atoms with Crippen molar-refractivity contribution in [1.29, 1.82) is 0 Å². The minimum absolute atomic E-state index is 0.199. The van der Waals surface area contributed by atoms with E-state index in [2.05, 4.69) is 0 Å². The summed E-state index contributed by atoms with van der Waals surface area (Å²) >= 11 is 0. The standard InChI is InChI=1S/C8H17NO2S/c1-4-8(2,3)9-6-5-7-12(9,10)11/h4-7H2,1-3H3. The highest BCUT2D eigenvalue weighted by molar-refractivity contribution is 7.89. The van der Waals surface area contributed by atoms with E-state index in [1.54, 1.807) is 4.31 Å². The van der Waals surface area contributed by atoms with Gasteiger partial charge in [0.15, 0.2) is 0 Å². The van der Waals surface area contributed by atoms with Crippen molar-refractivity contribution in [3.8, 4) is 0 Å². The summed E-state index contributed by atoms with van der Waals surface area (Å²) in [6.07, 6.45) is 1.65. The Morgan fingerprint density at radius 3 is 2.33 bits per heavy atom. The number of hydrogen-bond donors (Lipinski definition) is 0. The SMILES string of the molecule is CCC(C)(C)N1CCCS1(=O)=O. The molecular weight excluding hydrogens is 174 g/mol. The lowest BCUT2D eigenvalue weighted by Gasteiger charge is -2.32. The molecule has 0 aromatic heterocycles. The third-order valence-electron chi connectivity index (χ3n) is 2.64. The smallest absolute Gasteiger partial charge is 0.212 e. The zero-order valence-corrected chi connectivity index (χ0v) is 8.82. The average molecular weight is 191 g/mol. The second kappa shape index (κ2) is 3.00. The van der Waals surface area contributed by atoms with Gasteiger partial charge in [-0.15, -0.1) is 0 Å². The van der Waals surface area contributed by atoms with Gasteiger partial charge in [0.25, 0.3) is 0 Å². The first-order chi connectivity index (χ1) is 5.40. The van der Waals surface area contributed by atoms with Crippen LogP contribution in [0.3, 0.4) is 0 Å². The summed E-state index contributed by atoms with van der Waals surface area (Å²) in [5.41, 5.74) is -0.199. The molecule has 0 aromatic carbocycles. The van der Waals surface area contributed by atoms with E-state index in [0.29, 0.717) is 12.3 Å². The molecule has 0 amide bonds. The van der Waals surface area contributed by atoms with E-state index in [1.165, 1.54) is 0 Å². The second-order valence-electron chi connectivity index (χ2n) is 3.91. The lowest BCUT2D eigenvalue weighted by atomic mass is 10.0. The highest BCUT2D eigenvalue weighted by Gasteiger charge is 2.38. The van der Waals surface area contributed by atoms with Crippen LogP contribution in [0.1, 0.15) is 33.6 Å². The minimum Gasteiger partial charge on any atom is -0.212 e. The highest BCUT2D eigenvalue weighted by atomic mass is 32.2. The molecule has 1 saturated heterocycles. The van der Waals surface area contributed by atoms with Crippen LogP contribution >= 0.6 is 0 Å². The van der Waals surface area contributed by atoms with Crippen LogP contribution in [0, 0.1) is 0 Å². The van der Waals surface area contributed by atoms with Gasteiger partial charge in [0.05, 0.1) is 5.75 Å². The summed E-state index contributed by atoms with van der Waals surface area (Å²) in [4.78, 5) is 0. The van der Waals surface area contributed by atoms with Crippen LogP contribution in [0.2, 0.25) is 0 Å². The summed E-state index contributed by atoms with van der Waals surface area (Å²) < 4.78 is 24.6. The Labute approximate surface area is 74.8 Å². The quantitative estimate of drug-likeness (QED) is 0.658. The molecule has 0 unspecified atom stereocenters. The van der Waals surface area contributed by atoms with E-state index < -0.39 is 10.0 Å². The predicted octanol–water partition coefficient (Wildman–Crippen LogP) is 1.21. The normalized spacial score (nSPS) is 24.6. The average Bonchev–Trinajstić information content (AvgIpc) is 2.30. The van der Waals surface area contributed by atoms with Gasteiger partial charge in [0, 0.05) is 12.1 Å². The van der Waals surface area contributed by atoms with Crippen LogP contribution in [-0.4, -0.2) is 30.6 Å². The summed E-state index contributed by atoms with van der Waals surface area (Å²) in [6.45, 7) is 6.68. The Hall–Kier alpha value is -0.0900. The van der Waals surface area contributed by atoms with E-state index in [4.69, 9.17) is 0 Å². The van der Waals surface area contributed by atoms with Crippen LogP contribution in [-0.2, 0) is 10.0 Å². The summed E-state index contributed by atoms with van der Waals surface area (Å²) in [7, 11) is -2.92. The summed E-state index contributed by atoms with van der Waals surface area (Å²) in [5.74, 6) is 0.330. The third-order valence-corrected chi connectivity index (χ3v) is 4.79. The first kappa shape index (κ1) is 9.99. The Balaban J connectivity index is 2.90. The van der Waals surface area contributed by atoms with Crippen molar-refractivity contribution in [2.75, 3.05) is 12.3 Å². The molecule has 0 radical (unpaired) electrons. The molecule has 1 fully saturated rings. The van der Waals surface area contributed by atoms with Crippen LogP contribution in [0.5, 0.6) is 0 Å². The lowest BCUT2D eigenvalue weighted by molar-refractivity contribution is 0.235. The molecule has 12 heavy (non-hydrogen) atoms. The Kier molecular flexibility index (Phi) is 2.50. The van der Waals surface area contributed by atoms with Gasteiger partial charge in [-0.25, -0.2) is 8.42 Å². The molecule has 0 atom stereocenters. The van der Waals surface area contributed by atoms with Crippen molar-refractivity contribution in [1.82, 2.24) is 4.31 Å². The van der Waals surface area contributed by atoms with Crippen molar-refractivity contribution in [3.63, 3.8) is 0 Å². The van der Waals surface area contributed by atoms with E-state index in [0.717, 1.165) is 12.8 Å². The lowest BCUT2D eigenvalue weighted by Crippen LogP contribution is -2.44. The van der Waals surface area contributed by atoms with Crippen molar-refractivity contribution < 1.29 is 8.42 Å². The molecule has 0 spiro atoms. The summed E-state index contributed by atoms with van der Waals surface area (Å²) in [5, 5.41) is 0. The zero-order valence-electron chi connectivity index (χ0n) is 8.00. The Bertz CT molecular complexity index is 256. The molecule has 1 heterocycles. The van der Waals surface area contributed by atoms with Crippen molar-refractivity contribution >= 4 is 10.0 Å². The molecule has 1 rings (SSSR count). The molecule has 0 aromatic rings. The fraction of sp³-hybridized carbons (Fsp3) is 1.00. The molecular formula is C8H17NO2S. The molecule has 1 aliphatic rings. The zero-order chi connectivity index (χ0) is 9.41. The topological polar surface area (TPSA) is 37.4 Å². The van der Waals surface area contributed by atoms with Crippen LogP contribution in [0.4, 0.5) is 0 Å². The van der Waals surface area contributed by atoms with E-state index in [1.807, 2.05) is 20.8 Å². The number of nitrogens with zero attached hydrogens (tertiary/aromatic N) is 1. The van der Waals surface area contributed by atoms with Crippen molar-refractivity contribution in [3.05, 3.63) is 0 Å². The van der Waals surface area contributed by atoms with Gasteiger partial charge in [-0.2, -0.15) is 4.31 Å². The minimum atomic E-state index is -2.92. The van der Waals surface area contributed by atoms with Gasteiger partial charge in [0.2, 0.25) is 10.0 Å². The number of sulfonamides is 1. The van der Waals surface area contributed by atoms with E-state index >= 15 is 0 Å². The van der Waals surface area contributed by atoms with Crippen LogP contribution in [0.15, 0.2) is 0 Å². The highest BCUT2D eigenvalue weighted by Crippen LogP contribution is 2.27. The maximum absolute atomic E-state index is 11.5. The van der Waals surface area contributed by atoms with Gasteiger partial charge >= 0.3 is 0 Å². The monoisotopic (exact) mass is 191 g/mol. The molecule has 1 aliphatic heterocycles. The summed E-state index contributed by atoms with van der Waals surface area (Å²) in [6, 6.07) is 0. The maximum Gasteiger partial charge on any atom is 0.214 e. The first-order valence-corrected chi connectivity index (χ1v) is 6.01. The molecule has 0 N–H and O–H groups in total. The maximum atomic E-state index is 11.5. The van der Waals surface area contributed by atoms with Gasteiger partial charge in [-0.3, -0.25) is 0 Å². The molecule has 72 valence electrons. The third kappa shape index (κ3) is 1.64.